The third kappa shape index (κ3) is 5.81. The highest BCUT2D eigenvalue weighted by Crippen LogP contribution is 2.18. The molecule has 0 aromatic heterocycles. The highest BCUT2D eigenvalue weighted by Gasteiger charge is 2.13. The average molecular weight is 387 g/mol. The molecule has 0 aliphatic heterocycles. The Balaban J connectivity index is 1.73. The first kappa shape index (κ1) is 19.9. The molecule has 0 unspecified atom stereocenters. The van der Waals surface area contributed by atoms with Crippen LogP contribution in [0, 0.1) is 6.92 Å². The third-order valence-corrected chi connectivity index (χ3v) is 4.17. The van der Waals surface area contributed by atoms with Crippen LogP contribution < -0.4 is 10.1 Å². The Hall–Kier alpha value is -3.86. The van der Waals surface area contributed by atoms with E-state index < -0.39 is 11.9 Å². The monoisotopic (exact) mass is 387 g/mol. The van der Waals surface area contributed by atoms with Crippen LogP contribution in [0.1, 0.15) is 27.0 Å². The Kier molecular flexibility index (Phi) is 6.43. The number of aryl methyl sites for hydroxylation is 1. The van der Waals surface area contributed by atoms with Gasteiger partial charge in [-0.15, -0.1) is 0 Å². The molecular formula is C24H21NO4. The van der Waals surface area contributed by atoms with Crippen LogP contribution in [0.3, 0.4) is 0 Å². The summed E-state index contributed by atoms with van der Waals surface area (Å²) in [6, 6.07) is 23.5. The Bertz CT molecular complexity index is 1040. The van der Waals surface area contributed by atoms with Crippen LogP contribution in [0.4, 0.5) is 0 Å². The van der Waals surface area contributed by atoms with Gasteiger partial charge in [0.25, 0.3) is 5.91 Å². The molecule has 0 heterocycles. The standard InChI is InChI=1S/C24H21NO4/c1-17-7-5-9-19(13-17)16-29-21-12-6-8-18(14-21)15-22(24(27)28)25-23(26)20-10-3-2-4-11-20/h2-15H,16H2,1H3,(H,25,26)(H,27,28). The summed E-state index contributed by atoms with van der Waals surface area (Å²) in [6.45, 7) is 2.43. The molecule has 2 N–H and O–H groups in total. The Morgan fingerprint density at radius 2 is 1.72 bits per heavy atom. The van der Waals surface area contributed by atoms with Gasteiger partial charge in [-0.05, 0) is 48.4 Å². The van der Waals surface area contributed by atoms with E-state index in [1.54, 1.807) is 54.6 Å². The molecule has 1 amide bonds. The fraction of sp³-hybridized carbons (Fsp3) is 0.0833. The molecule has 3 rings (SSSR count). The number of nitrogens with one attached hydrogen (secondary N) is 1. The molecule has 0 saturated heterocycles. The Morgan fingerprint density at radius 3 is 2.45 bits per heavy atom. The predicted molar refractivity (Wildman–Crippen MR) is 111 cm³/mol. The number of aliphatic carboxylic acids is 1. The molecule has 0 bridgehead atoms. The summed E-state index contributed by atoms with van der Waals surface area (Å²) < 4.78 is 5.82. The largest absolute Gasteiger partial charge is 0.489 e. The van der Waals surface area contributed by atoms with Crippen LogP contribution in [-0.4, -0.2) is 17.0 Å². The SMILES string of the molecule is Cc1cccc(COc2cccc(C=C(NC(=O)c3ccccc3)C(=O)O)c2)c1. The van der Waals surface area contributed by atoms with E-state index in [1.165, 1.54) is 6.08 Å². The fourth-order valence-corrected chi connectivity index (χ4v) is 2.76. The van der Waals surface area contributed by atoms with Crippen LogP contribution in [0.15, 0.2) is 84.6 Å². The minimum atomic E-state index is -1.22. The quantitative estimate of drug-likeness (QED) is 0.588. The van der Waals surface area contributed by atoms with Crippen molar-refractivity contribution in [1.82, 2.24) is 5.32 Å². The van der Waals surface area contributed by atoms with Gasteiger partial charge in [-0.25, -0.2) is 4.79 Å². The maximum absolute atomic E-state index is 12.3. The molecule has 5 heteroatoms. The van der Waals surface area contributed by atoms with Gasteiger partial charge in [0, 0.05) is 5.56 Å². The van der Waals surface area contributed by atoms with Gasteiger partial charge in [-0.1, -0.05) is 60.2 Å². The van der Waals surface area contributed by atoms with Crippen LogP contribution >= 0.6 is 0 Å². The molecule has 0 radical (unpaired) electrons. The average Bonchev–Trinajstić information content (AvgIpc) is 2.72. The van der Waals surface area contributed by atoms with Gasteiger partial charge < -0.3 is 15.2 Å². The predicted octanol–water partition coefficient (Wildman–Crippen LogP) is 4.43. The molecule has 0 saturated carbocycles. The first-order chi connectivity index (χ1) is 14.0. The molecule has 0 atom stereocenters. The molecule has 0 fully saturated rings. The van der Waals surface area contributed by atoms with Gasteiger partial charge in [0.2, 0.25) is 0 Å². The number of amides is 1. The minimum absolute atomic E-state index is 0.213. The molecule has 3 aromatic rings. The Morgan fingerprint density at radius 1 is 0.966 bits per heavy atom. The molecule has 146 valence electrons. The van der Waals surface area contributed by atoms with E-state index in [9.17, 15) is 14.7 Å². The number of rotatable bonds is 7. The summed E-state index contributed by atoms with van der Waals surface area (Å²) in [5.41, 5.74) is 2.98. The second kappa shape index (κ2) is 9.37. The molecule has 0 aliphatic rings. The number of hydrogen-bond acceptors (Lipinski definition) is 3. The van der Waals surface area contributed by atoms with E-state index in [1.807, 2.05) is 31.2 Å². The van der Waals surface area contributed by atoms with Gasteiger partial charge in [-0.2, -0.15) is 0 Å². The van der Waals surface area contributed by atoms with Crippen molar-refractivity contribution in [1.29, 1.82) is 0 Å². The third-order valence-electron chi connectivity index (χ3n) is 4.17. The summed E-state index contributed by atoms with van der Waals surface area (Å²) in [6.07, 6.45) is 1.41. The fourth-order valence-electron chi connectivity index (χ4n) is 2.76. The number of ether oxygens (including phenoxy) is 1. The van der Waals surface area contributed by atoms with E-state index in [0.29, 0.717) is 23.5 Å². The topological polar surface area (TPSA) is 75.6 Å². The zero-order chi connectivity index (χ0) is 20.6. The molecule has 0 spiro atoms. The van der Waals surface area contributed by atoms with Crippen LogP contribution in [0.25, 0.3) is 6.08 Å². The molecule has 29 heavy (non-hydrogen) atoms. The van der Waals surface area contributed by atoms with Crippen molar-refractivity contribution in [3.63, 3.8) is 0 Å². The van der Waals surface area contributed by atoms with Crippen molar-refractivity contribution < 1.29 is 19.4 Å². The van der Waals surface area contributed by atoms with Crippen LogP contribution in [0.2, 0.25) is 0 Å². The van der Waals surface area contributed by atoms with E-state index >= 15 is 0 Å². The van der Waals surface area contributed by atoms with Crippen LogP contribution in [-0.2, 0) is 11.4 Å². The zero-order valence-electron chi connectivity index (χ0n) is 16.0. The zero-order valence-corrected chi connectivity index (χ0v) is 16.0. The van der Waals surface area contributed by atoms with Gasteiger partial charge in [0.05, 0.1) is 0 Å². The normalized spacial score (nSPS) is 11.0. The lowest BCUT2D eigenvalue weighted by Gasteiger charge is -2.09. The van der Waals surface area contributed by atoms with E-state index in [4.69, 9.17) is 4.74 Å². The summed E-state index contributed by atoms with van der Waals surface area (Å²) in [5, 5.41) is 11.9. The van der Waals surface area contributed by atoms with Gasteiger partial charge in [0.1, 0.15) is 18.1 Å². The lowest BCUT2D eigenvalue weighted by molar-refractivity contribution is -0.132. The maximum Gasteiger partial charge on any atom is 0.352 e. The van der Waals surface area contributed by atoms with Crippen LogP contribution in [0.5, 0.6) is 5.75 Å². The summed E-state index contributed by atoms with van der Waals surface area (Å²) >= 11 is 0. The first-order valence-electron chi connectivity index (χ1n) is 9.11. The van der Waals surface area contributed by atoms with E-state index in [-0.39, 0.29) is 5.70 Å². The van der Waals surface area contributed by atoms with Gasteiger partial charge in [0.15, 0.2) is 0 Å². The second-order valence-corrected chi connectivity index (χ2v) is 6.53. The Labute approximate surface area is 169 Å². The number of carboxylic acid groups (broad SMARTS) is 1. The van der Waals surface area contributed by atoms with Crippen molar-refractivity contribution in [3.8, 4) is 5.75 Å². The summed E-state index contributed by atoms with van der Waals surface area (Å²) in [7, 11) is 0. The minimum Gasteiger partial charge on any atom is -0.489 e. The van der Waals surface area contributed by atoms with Crippen molar-refractivity contribution in [3.05, 3.63) is 107 Å². The second-order valence-electron chi connectivity index (χ2n) is 6.53. The van der Waals surface area contributed by atoms with Crippen molar-refractivity contribution >= 4 is 18.0 Å². The maximum atomic E-state index is 12.3. The molecule has 5 nitrogen and oxygen atoms in total. The lowest BCUT2D eigenvalue weighted by atomic mass is 10.1. The number of carbonyl (C=O) groups is 2. The number of carbonyl (C=O) groups excluding carboxylic acids is 1. The smallest absolute Gasteiger partial charge is 0.352 e. The lowest BCUT2D eigenvalue weighted by Crippen LogP contribution is -2.27. The van der Waals surface area contributed by atoms with E-state index in [2.05, 4.69) is 5.32 Å². The van der Waals surface area contributed by atoms with Crippen molar-refractivity contribution in [2.45, 2.75) is 13.5 Å². The van der Waals surface area contributed by atoms with Gasteiger partial charge >= 0.3 is 5.97 Å². The molecule has 0 aliphatic carbocycles. The highest BCUT2D eigenvalue weighted by atomic mass is 16.5. The molecular weight excluding hydrogens is 366 g/mol. The van der Waals surface area contributed by atoms with Crippen molar-refractivity contribution in [2.24, 2.45) is 0 Å². The number of carboxylic acids is 1. The number of benzene rings is 3. The van der Waals surface area contributed by atoms with Gasteiger partial charge in [-0.3, -0.25) is 4.79 Å². The first-order valence-corrected chi connectivity index (χ1v) is 9.11. The highest BCUT2D eigenvalue weighted by molar-refractivity contribution is 6.02. The molecule has 3 aromatic carbocycles. The summed E-state index contributed by atoms with van der Waals surface area (Å²) in [5.74, 6) is -1.09. The number of hydrogen-bond donors (Lipinski definition) is 2. The van der Waals surface area contributed by atoms with Crippen molar-refractivity contribution in [2.75, 3.05) is 0 Å². The van der Waals surface area contributed by atoms with E-state index in [0.717, 1.165) is 11.1 Å². The summed E-state index contributed by atoms with van der Waals surface area (Å²) in [4.78, 5) is 23.8.